The number of nitrogens with one attached hydrogen (secondary N) is 2. The molecule has 18 heavy (non-hydrogen) atoms. The molecule has 102 valence electrons. The molecule has 0 aliphatic carbocycles. The highest BCUT2D eigenvalue weighted by molar-refractivity contribution is 7.93. The Balaban J connectivity index is 2.69. The molecule has 6 heteroatoms. The van der Waals surface area contributed by atoms with Gasteiger partial charge in [-0.25, -0.2) is 13.4 Å². The lowest BCUT2D eigenvalue weighted by atomic mass is 10.3. The van der Waals surface area contributed by atoms with Gasteiger partial charge in [-0.1, -0.05) is 19.9 Å². The number of aromatic nitrogens is 1. The van der Waals surface area contributed by atoms with Gasteiger partial charge in [-0.05, 0) is 26.0 Å². The van der Waals surface area contributed by atoms with Crippen LogP contribution in [0.3, 0.4) is 0 Å². The summed E-state index contributed by atoms with van der Waals surface area (Å²) in [4.78, 5) is 4.13. The zero-order chi connectivity index (χ0) is 13.8. The molecule has 0 spiro atoms. The number of sulfonamides is 1. The summed E-state index contributed by atoms with van der Waals surface area (Å²) in [6.07, 6.45) is 0. The molecule has 1 rings (SSSR count). The predicted octanol–water partition coefficient (Wildman–Crippen LogP) is 1.52. The molecular weight excluding hydrogens is 250 g/mol. The molecule has 0 bridgehead atoms. The first-order valence-corrected chi connectivity index (χ1v) is 7.54. The van der Waals surface area contributed by atoms with E-state index in [1.807, 2.05) is 26.8 Å². The van der Waals surface area contributed by atoms with Gasteiger partial charge in [-0.3, -0.25) is 4.72 Å². The first-order valence-electron chi connectivity index (χ1n) is 6.00. The van der Waals surface area contributed by atoms with Crippen molar-refractivity contribution in [3.05, 3.63) is 23.9 Å². The van der Waals surface area contributed by atoms with Crippen LogP contribution < -0.4 is 10.0 Å². The van der Waals surface area contributed by atoms with Crippen LogP contribution in [-0.4, -0.2) is 31.2 Å². The third-order valence-electron chi connectivity index (χ3n) is 2.48. The van der Waals surface area contributed by atoms with Crippen LogP contribution in [0, 0.1) is 6.92 Å². The van der Waals surface area contributed by atoms with Gasteiger partial charge < -0.3 is 5.32 Å². The number of nitrogens with zero attached hydrogens (tertiary/aromatic N) is 1. The van der Waals surface area contributed by atoms with E-state index in [2.05, 4.69) is 15.0 Å². The molecule has 1 aromatic rings. The molecule has 1 aromatic heterocycles. The number of hydrogen-bond acceptors (Lipinski definition) is 4. The van der Waals surface area contributed by atoms with Gasteiger partial charge in [0.05, 0.1) is 5.25 Å². The van der Waals surface area contributed by atoms with Gasteiger partial charge in [0.1, 0.15) is 5.82 Å². The third kappa shape index (κ3) is 4.62. The zero-order valence-electron chi connectivity index (χ0n) is 11.3. The van der Waals surface area contributed by atoms with Gasteiger partial charge in [0, 0.05) is 18.3 Å². The second-order valence-electron chi connectivity index (χ2n) is 4.68. The monoisotopic (exact) mass is 271 g/mol. The quantitative estimate of drug-likeness (QED) is 0.823. The first-order chi connectivity index (χ1) is 8.31. The lowest BCUT2D eigenvalue weighted by molar-refractivity contribution is 0.553. The molecule has 0 aliphatic heterocycles. The van der Waals surface area contributed by atoms with Crippen LogP contribution in [0.15, 0.2) is 18.2 Å². The molecule has 0 aromatic carbocycles. The number of anilines is 1. The van der Waals surface area contributed by atoms with Crippen LogP contribution in [0.4, 0.5) is 5.82 Å². The summed E-state index contributed by atoms with van der Waals surface area (Å²) >= 11 is 0. The van der Waals surface area contributed by atoms with Crippen LogP contribution in [0.25, 0.3) is 0 Å². The normalized spacial score (nSPS) is 13.6. The molecule has 0 aliphatic rings. The van der Waals surface area contributed by atoms with E-state index in [0.717, 1.165) is 5.69 Å². The summed E-state index contributed by atoms with van der Waals surface area (Å²) in [6.45, 7) is 7.87. The van der Waals surface area contributed by atoms with E-state index in [-0.39, 0.29) is 6.04 Å². The maximum Gasteiger partial charge on any atom is 0.237 e. The van der Waals surface area contributed by atoms with Crippen molar-refractivity contribution in [2.45, 2.75) is 39.0 Å². The highest BCUT2D eigenvalue weighted by Gasteiger charge is 2.21. The van der Waals surface area contributed by atoms with Crippen molar-refractivity contribution in [3.8, 4) is 0 Å². The molecule has 0 amide bonds. The predicted molar refractivity (Wildman–Crippen MR) is 74.1 cm³/mol. The molecular formula is C12H21N3O2S. The number of pyridine rings is 1. The van der Waals surface area contributed by atoms with Crippen LogP contribution >= 0.6 is 0 Å². The van der Waals surface area contributed by atoms with Gasteiger partial charge in [-0.2, -0.15) is 0 Å². The van der Waals surface area contributed by atoms with Gasteiger partial charge in [0.25, 0.3) is 0 Å². The minimum atomic E-state index is -3.40. The Morgan fingerprint density at radius 3 is 2.50 bits per heavy atom. The molecule has 1 unspecified atom stereocenters. The van der Waals surface area contributed by atoms with Crippen molar-refractivity contribution in [2.24, 2.45) is 0 Å². The fraction of sp³-hybridized carbons (Fsp3) is 0.583. The average Bonchev–Trinajstić information content (AvgIpc) is 2.25. The molecule has 1 heterocycles. The Kier molecular flexibility index (Phi) is 5.10. The second kappa shape index (κ2) is 6.15. The summed E-state index contributed by atoms with van der Waals surface area (Å²) in [5.41, 5.74) is 0.781. The molecule has 5 nitrogen and oxygen atoms in total. The van der Waals surface area contributed by atoms with E-state index >= 15 is 0 Å². The van der Waals surface area contributed by atoms with E-state index in [0.29, 0.717) is 12.4 Å². The van der Waals surface area contributed by atoms with Crippen molar-refractivity contribution in [1.82, 2.24) is 10.3 Å². The lowest BCUT2D eigenvalue weighted by Crippen LogP contribution is -2.37. The average molecular weight is 271 g/mol. The van der Waals surface area contributed by atoms with Gasteiger partial charge in [-0.15, -0.1) is 0 Å². The Morgan fingerprint density at radius 2 is 1.94 bits per heavy atom. The molecule has 2 N–H and O–H groups in total. The Hall–Kier alpha value is -1.14. The smallest absolute Gasteiger partial charge is 0.237 e. The number of hydrogen-bond donors (Lipinski definition) is 2. The largest absolute Gasteiger partial charge is 0.313 e. The van der Waals surface area contributed by atoms with E-state index in [1.54, 1.807) is 19.1 Å². The Morgan fingerprint density at radius 1 is 1.28 bits per heavy atom. The second-order valence-corrected chi connectivity index (χ2v) is 6.78. The van der Waals surface area contributed by atoms with E-state index in [1.165, 1.54) is 0 Å². The van der Waals surface area contributed by atoms with Crippen LogP contribution in [0.1, 0.15) is 26.5 Å². The summed E-state index contributed by atoms with van der Waals surface area (Å²) in [6, 6.07) is 5.51. The number of rotatable bonds is 6. The zero-order valence-corrected chi connectivity index (χ0v) is 12.1. The highest BCUT2D eigenvalue weighted by Crippen LogP contribution is 2.09. The molecule has 0 fully saturated rings. The van der Waals surface area contributed by atoms with Crippen molar-refractivity contribution in [3.63, 3.8) is 0 Å². The first kappa shape index (κ1) is 14.9. The molecule has 1 atom stereocenters. The third-order valence-corrected chi connectivity index (χ3v) is 4.20. The van der Waals surface area contributed by atoms with E-state index in [9.17, 15) is 8.42 Å². The van der Waals surface area contributed by atoms with E-state index in [4.69, 9.17) is 0 Å². The van der Waals surface area contributed by atoms with E-state index < -0.39 is 15.3 Å². The molecule has 0 saturated heterocycles. The summed E-state index contributed by atoms with van der Waals surface area (Å²) in [7, 11) is -3.40. The topological polar surface area (TPSA) is 71.1 Å². The minimum Gasteiger partial charge on any atom is -0.313 e. The van der Waals surface area contributed by atoms with Crippen molar-refractivity contribution >= 4 is 15.8 Å². The van der Waals surface area contributed by atoms with Crippen molar-refractivity contribution < 1.29 is 8.42 Å². The van der Waals surface area contributed by atoms with Crippen molar-refractivity contribution in [1.29, 1.82) is 0 Å². The highest BCUT2D eigenvalue weighted by atomic mass is 32.2. The van der Waals surface area contributed by atoms with Crippen LogP contribution in [-0.2, 0) is 10.0 Å². The van der Waals surface area contributed by atoms with Crippen LogP contribution in [0.5, 0.6) is 0 Å². The Bertz CT molecular complexity index is 486. The molecule has 0 saturated carbocycles. The maximum absolute atomic E-state index is 12.0. The number of aryl methyl sites for hydroxylation is 1. The SMILES string of the molecule is Cc1cccc(NS(=O)(=O)C(C)CNC(C)C)n1. The fourth-order valence-electron chi connectivity index (χ4n) is 1.36. The van der Waals surface area contributed by atoms with Gasteiger partial charge in [0.2, 0.25) is 10.0 Å². The summed E-state index contributed by atoms with van der Waals surface area (Å²) < 4.78 is 26.6. The van der Waals surface area contributed by atoms with Crippen molar-refractivity contribution in [2.75, 3.05) is 11.3 Å². The Labute approximate surface area is 109 Å². The van der Waals surface area contributed by atoms with Crippen LogP contribution in [0.2, 0.25) is 0 Å². The summed E-state index contributed by atoms with van der Waals surface area (Å²) in [5, 5.41) is 2.60. The van der Waals surface area contributed by atoms with Gasteiger partial charge in [0.15, 0.2) is 0 Å². The van der Waals surface area contributed by atoms with Gasteiger partial charge >= 0.3 is 0 Å². The maximum atomic E-state index is 12.0. The molecule has 0 radical (unpaired) electrons. The standard InChI is InChI=1S/C12H21N3O2S/c1-9(2)13-8-11(4)18(16,17)15-12-7-5-6-10(3)14-12/h5-7,9,11,13H,8H2,1-4H3,(H,14,15). The summed E-state index contributed by atoms with van der Waals surface area (Å²) in [5.74, 6) is 0.367. The minimum absolute atomic E-state index is 0.264. The fourth-order valence-corrected chi connectivity index (χ4v) is 2.28. The lowest BCUT2D eigenvalue weighted by Gasteiger charge is -2.16.